The summed E-state index contributed by atoms with van der Waals surface area (Å²) in [6.45, 7) is 1.23. The summed E-state index contributed by atoms with van der Waals surface area (Å²) in [7, 11) is -3.48. The highest BCUT2D eigenvalue weighted by molar-refractivity contribution is 7.89. The zero-order valence-electron chi connectivity index (χ0n) is 12.6. The minimum Gasteiger partial charge on any atom is -0.383 e. The van der Waals surface area contributed by atoms with Gasteiger partial charge in [0.1, 0.15) is 6.07 Å². The summed E-state index contributed by atoms with van der Waals surface area (Å²) in [6, 6.07) is 4.39. The van der Waals surface area contributed by atoms with Crippen LogP contribution in [-0.4, -0.2) is 51.3 Å². The van der Waals surface area contributed by atoms with Crippen LogP contribution in [-0.2, 0) is 20.9 Å². The van der Waals surface area contributed by atoms with Crippen LogP contribution < -0.4 is 5.32 Å². The number of hydrogen-bond donors (Lipinski definition) is 1. The van der Waals surface area contributed by atoms with Crippen molar-refractivity contribution in [3.8, 4) is 6.07 Å². The van der Waals surface area contributed by atoms with Crippen LogP contribution in [0.1, 0.15) is 11.1 Å². The first-order valence-electron chi connectivity index (χ1n) is 7.15. The molecule has 0 aliphatic carbocycles. The molecule has 132 valence electrons. The summed E-state index contributed by atoms with van der Waals surface area (Å²) in [6.07, 6.45) is -4.54. The highest BCUT2D eigenvalue weighted by Crippen LogP contribution is 2.31. The van der Waals surface area contributed by atoms with Crippen LogP contribution >= 0.6 is 0 Å². The minimum absolute atomic E-state index is 0.0142. The Hall–Kier alpha value is -1.83. The highest BCUT2D eigenvalue weighted by atomic mass is 32.2. The summed E-state index contributed by atoms with van der Waals surface area (Å²) in [5.74, 6) is -0.223. The first-order valence-corrected chi connectivity index (χ1v) is 8.76. The molecule has 1 aliphatic rings. The van der Waals surface area contributed by atoms with E-state index in [2.05, 4.69) is 5.32 Å². The zero-order chi connectivity index (χ0) is 17.8. The quantitative estimate of drug-likeness (QED) is 0.860. The summed E-state index contributed by atoms with van der Waals surface area (Å²) >= 11 is 0. The third-order valence-corrected chi connectivity index (χ3v) is 5.38. The molecule has 1 saturated heterocycles. The molecule has 1 aromatic carbocycles. The largest absolute Gasteiger partial charge is 0.416 e. The van der Waals surface area contributed by atoms with Crippen molar-refractivity contribution < 1.29 is 26.3 Å². The molecule has 6 nitrogen and oxygen atoms in total. The van der Waals surface area contributed by atoms with Crippen molar-refractivity contribution in [1.82, 2.24) is 4.31 Å². The topological polar surface area (TPSA) is 82.4 Å². The van der Waals surface area contributed by atoms with Crippen molar-refractivity contribution >= 4 is 15.7 Å². The van der Waals surface area contributed by atoms with Gasteiger partial charge in [-0.2, -0.15) is 22.7 Å². The van der Waals surface area contributed by atoms with Crippen molar-refractivity contribution in [3.63, 3.8) is 0 Å². The maximum Gasteiger partial charge on any atom is 0.416 e. The van der Waals surface area contributed by atoms with Crippen LogP contribution in [0.25, 0.3) is 0 Å². The average Bonchev–Trinajstić information content (AvgIpc) is 2.54. The van der Waals surface area contributed by atoms with Crippen LogP contribution in [0.4, 0.5) is 18.9 Å². The smallest absolute Gasteiger partial charge is 0.383 e. The van der Waals surface area contributed by atoms with Gasteiger partial charge in [-0.05, 0) is 18.2 Å². The molecule has 2 rings (SSSR count). The van der Waals surface area contributed by atoms with Crippen LogP contribution in [0.3, 0.4) is 0 Å². The molecular weight excluding hydrogens is 347 g/mol. The maximum atomic E-state index is 12.6. The van der Waals surface area contributed by atoms with E-state index in [0.29, 0.717) is 13.2 Å². The molecule has 0 unspecified atom stereocenters. The molecule has 1 fully saturated rings. The number of benzene rings is 1. The summed E-state index contributed by atoms with van der Waals surface area (Å²) in [5.41, 5.74) is -0.943. The van der Waals surface area contributed by atoms with E-state index in [1.54, 1.807) is 6.07 Å². The van der Waals surface area contributed by atoms with Crippen LogP contribution in [0.5, 0.6) is 0 Å². The molecule has 1 aromatic rings. The summed E-state index contributed by atoms with van der Waals surface area (Å²) < 4.78 is 68.5. The van der Waals surface area contributed by atoms with Gasteiger partial charge in [0.2, 0.25) is 10.0 Å². The second-order valence-electron chi connectivity index (χ2n) is 5.12. The van der Waals surface area contributed by atoms with Gasteiger partial charge in [0.15, 0.2) is 0 Å². The number of anilines is 1. The van der Waals surface area contributed by atoms with Crippen molar-refractivity contribution in [2.75, 3.05) is 43.9 Å². The Bertz CT molecular complexity index is 723. The predicted molar refractivity (Wildman–Crippen MR) is 80.8 cm³/mol. The number of sulfonamides is 1. The normalized spacial score (nSPS) is 16.6. The SMILES string of the molecule is N#Cc1cc(C(F)(F)F)ccc1NCCS(=O)(=O)N1CCOCC1. The van der Waals surface area contributed by atoms with Gasteiger partial charge in [-0.3, -0.25) is 0 Å². The van der Waals surface area contributed by atoms with Gasteiger partial charge in [-0.25, -0.2) is 8.42 Å². The molecule has 0 atom stereocenters. The average molecular weight is 363 g/mol. The lowest BCUT2D eigenvalue weighted by molar-refractivity contribution is -0.137. The fourth-order valence-electron chi connectivity index (χ4n) is 2.24. The zero-order valence-corrected chi connectivity index (χ0v) is 13.5. The van der Waals surface area contributed by atoms with Crippen molar-refractivity contribution in [3.05, 3.63) is 29.3 Å². The van der Waals surface area contributed by atoms with E-state index >= 15 is 0 Å². The lowest BCUT2D eigenvalue weighted by Crippen LogP contribution is -2.42. The molecule has 10 heteroatoms. The summed E-state index contributed by atoms with van der Waals surface area (Å²) in [5, 5.41) is 11.7. The molecular formula is C14H16F3N3O3S. The number of nitrogens with one attached hydrogen (secondary N) is 1. The Kier molecular flexibility index (Phi) is 5.69. The van der Waals surface area contributed by atoms with E-state index in [1.807, 2.05) is 0 Å². The number of nitrogens with zero attached hydrogens (tertiary/aromatic N) is 2. The molecule has 1 N–H and O–H groups in total. The van der Waals surface area contributed by atoms with Gasteiger partial charge in [0.25, 0.3) is 0 Å². The molecule has 1 heterocycles. The molecule has 1 aliphatic heterocycles. The second-order valence-corrected chi connectivity index (χ2v) is 7.21. The van der Waals surface area contributed by atoms with Crippen molar-refractivity contribution in [1.29, 1.82) is 5.26 Å². The number of hydrogen-bond acceptors (Lipinski definition) is 5. The molecule has 0 saturated carbocycles. The predicted octanol–water partition coefficient (Wildman–Crippen LogP) is 1.65. The first kappa shape index (κ1) is 18.5. The first-order chi connectivity index (χ1) is 11.2. The number of halogens is 3. The third-order valence-electron chi connectivity index (χ3n) is 3.51. The lowest BCUT2D eigenvalue weighted by atomic mass is 10.1. The third kappa shape index (κ3) is 4.59. The number of rotatable bonds is 5. The van der Waals surface area contributed by atoms with E-state index in [4.69, 9.17) is 10.00 Å². The van der Waals surface area contributed by atoms with Gasteiger partial charge >= 0.3 is 6.18 Å². The van der Waals surface area contributed by atoms with E-state index in [-0.39, 0.29) is 36.6 Å². The number of morpholine rings is 1. The standard InChI is InChI=1S/C14H16F3N3O3S/c15-14(16,17)12-1-2-13(11(9-12)10-18)19-3-8-24(21,22)20-4-6-23-7-5-20/h1-2,9,19H,3-8H2. The van der Waals surface area contributed by atoms with Crippen molar-refractivity contribution in [2.45, 2.75) is 6.18 Å². The van der Waals surface area contributed by atoms with E-state index in [9.17, 15) is 21.6 Å². The molecule has 0 spiro atoms. The molecule has 0 bridgehead atoms. The molecule has 0 radical (unpaired) electrons. The Morgan fingerprint density at radius 1 is 1.29 bits per heavy atom. The van der Waals surface area contributed by atoms with Gasteiger partial charge in [0.05, 0.1) is 35.8 Å². The molecule has 0 aromatic heterocycles. The van der Waals surface area contributed by atoms with Crippen molar-refractivity contribution in [2.24, 2.45) is 0 Å². The fourth-order valence-corrected chi connectivity index (χ4v) is 3.56. The molecule has 0 amide bonds. The number of nitriles is 1. The lowest BCUT2D eigenvalue weighted by Gasteiger charge is -2.26. The van der Waals surface area contributed by atoms with Gasteiger partial charge in [0, 0.05) is 19.6 Å². The Morgan fingerprint density at radius 3 is 2.54 bits per heavy atom. The highest BCUT2D eigenvalue weighted by Gasteiger charge is 2.31. The van der Waals surface area contributed by atoms with Gasteiger partial charge in [-0.15, -0.1) is 0 Å². The maximum absolute atomic E-state index is 12.6. The van der Waals surface area contributed by atoms with E-state index < -0.39 is 21.8 Å². The van der Waals surface area contributed by atoms with Gasteiger partial charge < -0.3 is 10.1 Å². The van der Waals surface area contributed by atoms with E-state index in [1.165, 1.54) is 4.31 Å². The monoisotopic (exact) mass is 363 g/mol. The van der Waals surface area contributed by atoms with Crippen LogP contribution in [0.15, 0.2) is 18.2 Å². The Labute approximate surface area is 137 Å². The minimum atomic E-state index is -4.54. The Morgan fingerprint density at radius 2 is 1.96 bits per heavy atom. The van der Waals surface area contributed by atoms with Crippen LogP contribution in [0, 0.1) is 11.3 Å². The number of alkyl halides is 3. The second kappa shape index (κ2) is 7.38. The fraction of sp³-hybridized carbons (Fsp3) is 0.500. The van der Waals surface area contributed by atoms with Crippen LogP contribution in [0.2, 0.25) is 0 Å². The number of ether oxygens (including phenoxy) is 1. The molecule has 24 heavy (non-hydrogen) atoms. The Balaban J connectivity index is 2.00. The summed E-state index contributed by atoms with van der Waals surface area (Å²) in [4.78, 5) is 0. The van der Waals surface area contributed by atoms with E-state index in [0.717, 1.165) is 18.2 Å². The van der Waals surface area contributed by atoms with Gasteiger partial charge in [-0.1, -0.05) is 0 Å².